The standard InChI is InChI=1S/C14H20N2O/c1-4-5-6-7-13(16-15)12-9-8-11(2)14(10-12)17-3/h8-10,13,16H,6-7,15H2,1-3H3. The minimum absolute atomic E-state index is 0.116. The lowest BCUT2D eigenvalue weighted by Crippen LogP contribution is -2.27. The van der Waals surface area contributed by atoms with Crippen molar-refractivity contribution < 1.29 is 4.74 Å². The average molecular weight is 232 g/mol. The quantitative estimate of drug-likeness (QED) is 0.465. The molecule has 0 aliphatic rings. The molecule has 1 rings (SSSR count). The Hall–Kier alpha value is -1.50. The summed E-state index contributed by atoms with van der Waals surface area (Å²) in [5.41, 5.74) is 5.08. The Morgan fingerprint density at radius 1 is 1.47 bits per heavy atom. The number of hydrazine groups is 1. The van der Waals surface area contributed by atoms with Gasteiger partial charge >= 0.3 is 0 Å². The lowest BCUT2D eigenvalue weighted by Gasteiger charge is -2.16. The highest BCUT2D eigenvalue weighted by Gasteiger charge is 2.10. The summed E-state index contributed by atoms with van der Waals surface area (Å²) in [6.07, 6.45) is 1.73. The van der Waals surface area contributed by atoms with Gasteiger partial charge in [0, 0.05) is 12.5 Å². The molecule has 0 bridgehead atoms. The van der Waals surface area contributed by atoms with Crippen LogP contribution in [0.2, 0.25) is 0 Å². The Morgan fingerprint density at radius 3 is 2.82 bits per heavy atom. The molecule has 0 spiro atoms. The molecule has 0 radical (unpaired) electrons. The first-order chi connectivity index (χ1) is 8.22. The Kier molecular flexibility index (Phi) is 5.55. The van der Waals surface area contributed by atoms with Crippen molar-refractivity contribution in [1.82, 2.24) is 5.43 Å². The van der Waals surface area contributed by atoms with Crippen molar-refractivity contribution in [3.63, 3.8) is 0 Å². The maximum atomic E-state index is 5.58. The number of nitrogens with one attached hydrogen (secondary N) is 1. The summed E-state index contributed by atoms with van der Waals surface area (Å²) in [6, 6.07) is 6.26. The Balaban J connectivity index is 2.83. The van der Waals surface area contributed by atoms with E-state index in [1.807, 2.05) is 26.0 Å². The topological polar surface area (TPSA) is 47.3 Å². The molecule has 1 aromatic carbocycles. The van der Waals surface area contributed by atoms with Gasteiger partial charge in [0.25, 0.3) is 0 Å². The second kappa shape index (κ2) is 6.95. The van der Waals surface area contributed by atoms with E-state index < -0.39 is 0 Å². The normalized spacial score (nSPS) is 11.5. The zero-order valence-electron chi connectivity index (χ0n) is 10.7. The summed E-state index contributed by atoms with van der Waals surface area (Å²) in [4.78, 5) is 0. The summed E-state index contributed by atoms with van der Waals surface area (Å²) < 4.78 is 5.31. The molecule has 0 amide bonds. The van der Waals surface area contributed by atoms with E-state index in [0.717, 1.165) is 29.7 Å². The minimum atomic E-state index is 0.116. The molecule has 0 heterocycles. The number of ether oxygens (including phenoxy) is 1. The van der Waals surface area contributed by atoms with E-state index >= 15 is 0 Å². The summed E-state index contributed by atoms with van der Waals surface area (Å²) >= 11 is 0. The van der Waals surface area contributed by atoms with E-state index in [9.17, 15) is 0 Å². The highest BCUT2D eigenvalue weighted by Crippen LogP contribution is 2.25. The van der Waals surface area contributed by atoms with Crippen molar-refractivity contribution in [3.8, 4) is 17.6 Å². The third kappa shape index (κ3) is 3.77. The Labute approximate surface area is 103 Å². The molecule has 3 N–H and O–H groups in total. The van der Waals surface area contributed by atoms with Crippen LogP contribution < -0.4 is 16.0 Å². The summed E-state index contributed by atoms with van der Waals surface area (Å²) in [5, 5.41) is 0. The number of hydrogen-bond acceptors (Lipinski definition) is 3. The fourth-order valence-electron chi connectivity index (χ4n) is 1.74. The summed E-state index contributed by atoms with van der Waals surface area (Å²) in [6.45, 7) is 3.87. The second-order valence-corrected chi connectivity index (χ2v) is 3.91. The number of methoxy groups -OCH3 is 1. The number of nitrogens with two attached hydrogens (primary N) is 1. The van der Waals surface area contributed by atoms with Gasteiger partial charge in [0.2, 0.25) is 0 Å². The first-order valence-corrected chi connectivity index (χ1v) is 5.73. The first-order valence-electron chi connectivity index (χ1n) is 5.73. The van der Waals surface area contributed by atoms with Crippen LogP contribution in [0, 0.1) is 18.8 Å². The van der Waals surface area contributed by atoms with Crippen LogP contribution in [-0.2, 0) is 0 Å². The fourth-order valence-corrected chi connectivity index (χ4v) is 1.74. The van der Waals surface area contributed by atoms with Crippen molar-refractivity contribution in [2.45, 2.75) is 32.7 Å². The van der Waals surface area contributed by atoms with Crippen LogP contribution in [0.15, 0.2) is 18.2 Å². The molecule has 1 atom stereocenters. The van der Waals surface area contributed by atoms with Crippen molar-refractivity contribution in [2.24, 2.45) is 5.84 Å². The lowest BCUT2D eigenvalue weighted by atomic mass is 10.0. The summed E-state index contributed by atoms with van der Waals surface area (Å²) in [7, 11) is 1.68. The fraction of sp³-hybridized carbons (Fsp3) is 0.429. The monoisotopic (exact) mass is 232 g/mol. The maximum absolute atomic E-state index is 5.58. The maximum Gasteiger partial charge on any atom is 0.122 e. The van der Waals surface area contributed by atoms with E-state index in [4.69, 9.17) is 10.6 Å². The number of benzene rings is 1. The smallest absolute Gasteiger partial charge is 0.122 e. The van der Waals surface area contributed by atoms with Crippen LogP contribution in [0.4, 0.5) is 0 Å². The van der Waals surface area contributed by atoms with Crippen molar-refractivity contribution in [1.29, 1.82) is 0 Å². The third-order valence-corrected chi connectivity index (χ3v) is 2.77. The molecule has 0 saturated carbocycles. The largest absolute Gasteiger partial charge is 0.496 e. The highest BCUT2D eigenvalue weighted by molar-refractivity contribution is 5.37. The molecule has 0 fully saturated rings. The van der Waals surface area contributed by atoms with Gasteiger partial charge in [-0.25, -0.2) is 0 Å². The van der Waals surface area contributed by atoms with Gasteiger partial charge in [-0.2, -0.15) is 0 Å². The molecule has 3 nitrogen and oxygen atoms in total. The van der Waals surface area contributed by atoms with Gasteiger partial charge in [-0.1, -0.05) is 12.1 Å². The Bertz CT molecular complexity index is 418. The molecule has 1 aromatic rings. The third-order valence-electron chi connectivity index (χ3n) is 2.77. The van der Waals surface area contributed by atoms with Gasteiger partial charge in [0.05, 0.1) is 7.11 Å². The highest BCUT2D eigenvalue weighted by atomic mass is 16.5. The van der Waals surface area contributed by atoms with Crippen LogP contribution >= 0.6 is 0 Å². The molecule has 1 unspecified atom stereocenters. The molecule has 0 saturated heterocycles. The minimum Gasteiger partial charge on any atom is -0.496 e. The molecular formula is C14H20N2O. The van der Waals surface area contributed by atoms with Gasteiger partial charge in [-0.15, -0.1) is 11.8 Å². The molecule has 17 heavy (non-hydrogen) atoms. The van der Waals surface area contributed by atoms with Gasteiger partial charge in [0.1, 0.15) is 5.75 Å². The molecule has 0 aromatic heterocycles. The first kappa shape index (κ1) is 13.6. The van der Waals surface area contributed by atoms with E-state index in [2.05, 4.69) is 23.3 Å². The van der Waals surface area contributed by atoms with Crippen LogP contribution in [0.25, 0.3) is 0 Å². The lowest BCUT2D eigenvalue weighted by molar-refractivity contribution is 0.409. The zero-order chi connectivity index (χ0) is 12.7. The van der Waals surface area contributed by atoms with E-state index in [1.165, 1.54) is 0 Å². The van der Waals surface area contributed by atoms with Crippen LogP contribution in [0.5, 0.6) is 5.75 Å². The van der Waals surface area contributed by atoms with Crippen LogP contribution in [0.1, 0.15) is 36.9 Å². The molecule has 0 aliphatic carbocycles. The second-order valence-electron chi connectivity index (χ2n) is 3.91. The predicted molar refractivity (Wildman–Crippen MR) is 70.5 cm³/mol. The van der Waals surface area contributed by atoms with Gasteiger partial charge in [0.15, 0.2) is 0 Å². The van der Waals surface area contributed by atoms with Crippen molar-refractivity contribution >= 4 is 0 Å². The van der Waals surface area contributed by atoms with Crippen molar-refractivity contribution in [3.05, 3.63) is 29.3 Å². The van der Waals surface area contributed by atoms with E-state index in [1.54, 1.807) is 7.11 Å². The molecule has 3 heteroatoms. The Morgan fingerprint density at radius 2 is 2.24 bits per heavy atom. The van der Waals surface area contributed by atoms with Crippen molar-refractivity contribution in [2.75, 3.05) is 7.11 Å². The van der Waals surface area contributed by atoms with E-state index in [-0.39, 0.29) is 6.04 Å². The SMILES string of the molecule is CC#CCCC(NN)c1ccc(C)c(OC)c1. The van der Waals surface area contributed by atoms with Gasteiger partial charge in [-0.05, 0) is 37.5 Å². The number of rotatable bonds is 5. The molecular weight excluding hydrogens is 212 g/mol. The molecule has 92 valence electrons. The van der Waals surface area contributed by atoms with Crippen LogP contribution in [0.3, 0.4) is 0 Å². The number of hydrogen-bond donors (Lipinski definition) is 2. The van der Waals surface area contributed by atoms with E-state index in [0.29, 0.717) is 0 Å². The number of aryl methyl sites for hydroxylation is 1. The predicted octanol–water partition coefficient (Wildman–Crippen LogP) is 2.31. The average Bonchev–Trinajstić information content (AvgIpc) is 2.36. The van der Waals surface area contributed by atoms with Gasteiger partial charge < -0.3 is 4.74 Å². The molecule has 0 aliphatic heterocycles. The van der Waals surface area contributed by atoms with Crippen LogP contribution in [-0.4, -0.2) is 7.11 Å². The zero-order valence-corrected chi connectivity index (χ0v) is 10.7. The van der Waals surface area contributed by atoms with Gasteiger partial charge in [-0.3, -0.25) is 11.3 Å². The summed E-state index contributed by atoms with van der Waals surface area (Å²) in [5.74, 6) is 12.4.